The molecule has 3 rings (SSSR count). The fourth-order valence-corrected chi connectivity index (χ4v) is 2.77. The Hall–Kier alpha value is -2.15. The summed E-state index contributed by atoms with van der Waals surface area (Å²) >= 11 is 0. The normalized spacial score (nSPS) is 22.6. The van der Waals surface area contributed by atoms with Gasteiger partial charge in [0.05, 0.1) is 4.92 Å². The number of anilines is 1. The third-order valence-corrected chi connectivity index (χ3v) is 3.82. The van der Waals surface area contributed by atoms with E-state index in [1.165, 1.54) is 6.07 Å². The van der Waals surface area contributed by atoms with Gasteiger partial charge in [0.15, 0.2) is 11.1 Å². The van der Waals surface area contributed by atoms with Crippen molar-refractivity contribution >= 4 is 22.8 Å². The molecule has 7 heteroatoms. The largest absolute Gasteiger partial charge is 0.423 e. The summed E-state index contributed by atoms with van der Waals surface area (Å²) in [6, 6.07) is 5.45. The van der Waals surface area contributed by atoms with Crippen LogP contribution in [-0.2, 0) is 0 Å². The molecule has 0 aliphatic carbocycles. The average molecular weight is 276 g/mol. The van der Waals surface area contributed by atoms with Gasteiger partial charge in [0.25, 0.3) is 11.7 Å². The lowest BCUT2D eigenvalue weighted by Crippen LogP contribution is -2.27. The SMILES string of the molecule is CC1CC(CN)CN1c1nc2c([N+](=O)[O-])cccc2o1. The van der Waals surface area contributed by atoms with Crippen molar-refractivity contribution in [2.24, 2.45) is 11.7 Å². The first-order valence-electron chi connectivity index (χ1n) is 6.60. The third-order valence-electron chi connectivity index (χ3n) is 3.82. The van der Waals surface area contributed by atoms with E-state index in [1.54, 1.807) is 12.1 Å². The number of aromatic nitrogens is 1. The number of rotatable bonds is 3. The van der Waals surface area contributed by atoms with Crippen LogP contribution >= 0.6 is 0 Å². The molecule has 2 aromatic rings. The average Bonchev–Trinajstić information content (AvgIpc) is 3.00. The number of nitrogens with zero attached hydrogens (tertiary/aromatic N) is 3. The van der Waals surface area contributed by atoms with Gasteiger partial charge in [-0.05, 0) is 31.9 Å². The van der Waals surface area contributed by atoms with E-state index in [9.17, 15) is 10.1 Å². The predicted octanol–water partition coefficient (Wildman–Crippen LogP) is 1.91. The maximum Gasteiger partial charge on any atom is 0.298 e. The Bertz CT molecular complexity index is 654. The van der Waals surface area contributed by atoms with Gasteiger partial charge in [-0.3, -0.25) is 10.1 Å². The van der Waals surface area contributed by atoms with Crippen molar-refractivity contribution in [3.63, 3.8) is 0 Å². The molecule has 1 aliphatic heterocycles. The first-order valence-corrected chi connectivity index (χ1v) is 6.60. The van der Waals surface area contributed by atoms with Gasteiger partial charge >= 0.3 is 0 Å². The van der Waals surface area contributed by atoms with Crippen LogP contribution < -0.4 is 10.6 Å². The quantitative estimate of drug-likeness (QED) is 0.679. The highest BCUT2D eigenvalue weighted by molar-refractivity contribution is 5.84. The number of nitro groups is 1. The second-order valence-corrected chi connectivity index (χ2v) is 5.22. The number of fused-ring (bicyclic) bond motifs is 1. The van der Waals surface area contributed by atoms with Gasteiger partial charge in [-0.25, -0.2) is 0 Å². The minimum Gasteiger partial charge on any atom is -0.423 e. The summed E-state index contributed by atoms with van der Waals surface area (Å²) in [5.41, 5.74) is 6.42. The van der Waals surface area contributed by atoms with E-state index >= 15 is 0 Å². The topological polar surface area (TPSA) is 98.4 Å². The standard InChI is InChI=1S/C13H16N4O3/c1-8-5-9(6-14)7-16(8)13-15-12-10(17(18)19)3-2-4-11(12)20-13/h2-4,8-9H,5-7,14H2,1H3. The van der Waals surface area contributed by atoms with Crippen molar-refractivity contribution in [3.05, 3.63) is 28.3 Å². The Labute approximate surface area is 115 Å². The van der Waals surface area contributed by atoms with E-state index < -0.39 is 4.92 Å². The molecule has 2 heterocycles. The monoisotopic (exact) mass is 276 g/mol. The number of benzene rings is 1. The molecule has 0 saturated carbocycles. The van der Waals surface area contributed by atoms with Gasteiger partial charge in [-0.15, -0.1) is 0 Å². The molecule has 7 nitrogen and oxygen atoms in total. The van der Waals surface area contributed by atoms with Crippen molar-refractivity contribution in [1.82, 2.24) is 4.98 Å². The van der Waals surface area contributed by atoms with E-state index in [0.717, 1.165) is 13.0 Å². The van der Waals surface area contributed by atoms with Gasteiger partial charge in [-0.1, -0.05) is 6.07 Å². The lowest BCUT2D eigenvalue weighted by molar-refractivity contribution is -0.383. The van der Waals surface area contributed by atoms with Gasteiger partial charge < -0.3 is 15.1 Å². The number of hydrogen-bond donors (Lipinski definition) is 1. The molecule has 0 spiro atoms. The van der Waals surface area contributed by atoms with Crippen LogP contribution in [0, 0.1) is 16.0 Å². The number of nitro benzene ring substituents is 1. The van der Waals surface area contributed by atoms with Crippen LogP contribution in [0.15, 0.2) is 22.6 Å². The Kier molecular flexibility index (Phi) is 3.06. The highest BCUT2D eigenvalue weighted by atomic mass is 16.6. The Morgan fingerprint density at radius 3 is 3.05 bits per heavy atom. The van der Waals surface area contributed by atoms with Crippen molar-refractivity contribution in [2.45, 2.75) is 19.4 Å². The van der Waals surface area contributed by atoms with Crippen LogP contribution in [0.4, 0.5) is 11.7 Å². The molecule has 2 atom stereocenters. The number of hydrogen-bond acceptors (Lipinski definition) is 6. The van der Waals surface area contributed by atoms with Gasteiger partial charge in [0, 0.05) is 18.7 Å². The minimum absolute atomic E-state index is 0.0280. The molecule has 1 saturated heterocycles. The van der Waals surface area contributed by atoms with Crippen molar-refractivity contribution in [3.8, 4) is 0 Å². The number of nitrogens with two attached hydrogens (primary N) is 1. The lowest BCUT2D eigenvalue weighted by atomic mass is 10.1. The maximum absolute atomic E-state index is 11.0. The molecule has 1 aliphatic rings. The van der Waals surface area contributed by atoms with E-state index in [1.807, 2.05) is 4.90 Å². The van der Waals surface area contributed by atoms with Crippen LogP contribution in [0.25, 0.3) is 11.1 Å². The Balaban J connectivity index is 2.01. The van der Waals surface area contributed by atoms with Crippen molar-refractivity contribution < 1.29 is 9.34 Å². The summed E-state index contributed by atoms with van der Waals surface area (Å²) in [5, 5.41) is 11.0. The second-order valence-electron chi connectivity index (χ2n) is 5.22. The molecule has 0 radical (unpaired) electrons. The molecule has 0 amide bonds. The fourth-order valence-electron chi connectivity index (χ4n) is 2.77. The number of oxazole rings is 1. The molecule has 1 aromatic heterocycles. The number of para-hydroxylation sites is 1. The predicted molar refractivity (Wildman–Crippen MR) is 74.6 cm³/mol. The fraction of sp³-hybridized carbons (Fsp3) is 0.462. The molecular formula is C13H16N4O3. The van der Waals surface area contributed by atoms with E-state index in [2.05, 4.69) is 11.9 Å². The summed E-state index contributed by atoms with van der Waals surface area (Å²) < 4.78 is 5.68. The highest BCUT2D eigenvalue weighted by Gasteiger charge is 2.32. The van der Waals surface area contributed by atoms with E-state index in [0.29, 0.717) is 29.6 Å². The molecule has 1 aromatic carbocycles. The third kappa shape index (κ3) is 2.00. The summed E-state index contributed by atoms with van der Waals surface area (Å²) in [7, 11) is 0. The van der Waals surface area contributed by atoms with Crippen LogP contribution in [-0.4, -0.2) is 29.0 Å². The van der Waals surface area contributed by atoms with Crippen LogP contribution in [0.3, 0.4) is 0 Å². The molecular weight excluding hydrogens is 260 g/mol. The zero-order valence-corrected chi connectivity index (χ0v) is 11.2. The summed E-state index contributed by atoms with van der Waals surface area (Å²) in [4.78, 5) is 16.9. The molecule has 2 N–H and O–H groups in total. The van der Waals surface area contributed by atoms with E-state index in [-0.39, 0.29) is 11.7 Å². The lowest BCUT2D eigenvalue weighted by Gasteiger charge is -2.18. The van der Waals surface area contributed by atoms with Gasteiger partial charge in [0.2, 0.25) is 0 Å². The molecule has 1 fully saturated rings. The van der Waals surface area contributed by atoms with Gasteiger partial charge in [-0.2, -0.15) is 4.98 Å². The van der Waals surface area contributed by atoms with Crippen molar-refractivity contribution in [1.29, 1.82) is 0 Å². The van der Waals surface area contributed by atoms with Crippen LogP contribution in [0.2, 0.25) is 0 Å². The molecule has 20 heavy (non-hydrogen) atoms. The number of non-ortho nitro benzene ring substituents is 1. The molecule has 0 bridgehead atoms. The summed E-state index contributed by atoms with van der Waals surface area (Å²) in [6.45, 7) is 3.48. The molecule has 2 unspecified atom stereocenters. The van der Waals surface area contributed by atoms with Gasteiger partial charge in [0.1, 0.15) is 0 Å². The molecule has 106 valence electrons. The summed E-state index contributed by atoms with van der Waals surface area (Å²) in [6.07, 6.45) is 0.983. The minimum atomic E-state index is -0.440. The van der Waals surface area contributed by atoms with E-state index in [4.69, 9.17) is 10.2 Å². The zero-order chi connectivity index (χ0) is 14.3. The highest BCUT2D eigenvalue weighted by Crippen LogP contribution is 2.33. The van der Waals surface area contributed by atoms with Crippen LogP contribution in [0.1, 0.15) is 13.3 Å². The second kappa shape index (κ2) is 4.75. The zero-order valence-electron chi connectivity index (χ0n) is 11.2. The Morgan fingerprint density at radius 1 is 1.60 bits per heavy atom. The Morgan fingerprint density at radius 2 is 2.40 bits per heavy atom. The smallest absolute Gasteiger partial charge is 0.298 e. The first-order chi connectivity index (χ1) is 9.60. The van der Waals surface area contributed by atoms with Crippen LogP contribution in [0.5, 0.6) is 0 Å². The van der Waals surface area contributed by atoms with Crippen molar-refractivity contribution in [2.75, 3.05) is 18.0 Å². The summed E-state index contributed by atoms with van der Waals surface area (Å²) in [5.74, 6) is 0.412. The first kappa shape index (κ1) is 12.9. The maximum atomic E-state index is 11.0.